The fraction of sp³-hybridized carbons (Fsp3) is 0.381. The lowest BCUT2D eigenvalue weighted by molar-refractivity contribution is 0.331. The Bertz CT molecular complexity index is 710. The summed E-state index contributed by atoms with van der Waals surface area (Å²) in [6.07, 6.45) is 2.65. The SMILES string of the molecule is CN=C(NCc1ccc(F)cc1)NCc1ccc(CN2CCCC2)cc1.I. The monoisotopic (exact) mass is 482 g/mol. The molecular weight excluding hydrogens is 454 g/mol. The van der Waals surface area contributed by atoms with Crippen LogP contribution in [0.1, 0.15) is 29.5 Å². The number of rotatable bonds is 6. The Labute approximate surface area is 178 Å². The Kier molecular flexibility index (Phi) is 9.00. The van der Waals surface area contributed by atoms with Crippen LogP contribution in [0.4, 0.5) is 4.39 Å². The van der Waals surface area contributed by atoms with Crippen LogP contribution in [0.3, 0.4) is 0 Å². The minimum atomic E-state index is -0.218. The van der Waals surface area contributed by atoms with Gasteiger partial charge in [0.2, 0.25) is 0 Å². The second-order valence-electron chi connectivity index (χ2n) is 6.71. The number of hydrogen-bond donors (Lipinski definition) is 2. The zero-order valence-electron chi connectivity index (χ0n) is 15.7. The van der Waals surface area contributed by atoms with Crippen molar-refractivity contribution < 1.29 is 4.39 Å². The van der Waals surface area contributed by atoms with Crippen LogP contribution in [-0.4, -0.2) is 31.0 Å². The number of guanidine groups is 1. The normalized spacial score (nSPS) is 14.7. The van der Waals surface area contributed by atoms with Gasteiger partial charge in [0.25, 0.3) is 0 Å². The lowest BCUT2D eigenvalue weighted by Gasteiger charge is -2.15. The molecule has 0 aliphatic carbocycles. The van der Waals surface area contributed by atoms with E-state index in [1.54, 1.807) is 19.2 Å². The van der Waals surface area contributed by atoms with E-state index in [4.69, 9.17) is 0 Å². The number of hydrogen-bond acceptors (Lipinski definition) is 2. The van der Waals surface area contributed by atoms with Gasteiger partial charge in [0.15, 0.2) is 5.96 Å². The third kappa shape index (κ3) is 7.10. The number of halogens is 2. The highest BCUT2D eigenvalue weighted by atomic mass is 127. The number of likely N-dealkylation sites (tertiary alicyclic amines) is 1. The van der Waals surface area contributed by atoms with E-state index < -0.39 is 0 Å². The fourth-order valence-electron chi connectivity index (χ4n) is 3.16. The van der Waals surface area contributed by atoms with Gasteiger partial charge in [0.1, 0.15) is 5.82 Å². The first kappa shape index (κ1) is 21.6. The summed E-state index contributed by atoms with van der Waals surface area (Å²) < 4.78 is 12.9. The first-order valence-corrected chi connectivity index (χ1v) is 9.22. The summed E-state index contributed by atoms with van der Waals surface area (Å²) in [5.41, 5.74) is 3.61. The molecule has 0 radical (unpaired) electrons. The van der Waals surface area contributed by atoms with E-state index in [0.717, 1.165) is 18.1 Å². The van der Waals surface area contributed by atoms with Gasteiger partial charge < -0.3 is 10.6 Å². The molecule has 1 heterocycles. The van der Waals surface area contributed by atoms with Crippen LogP contribution in [0, 0.1) is 5.82 Å². The molecule has 0 aromatic heterocycles. The molecular formula is C21H28FIN4. The smallest absolute Gasteiger partial charge is 0.191 e. The molecule has 0 unspecified atom stereocenters. The average Bonchev–Trinajstić information content (AvgIpc) is 3.17. The first-order valence-electron chi connectivity index (χ1n) is 9.22. The molecule has 6 heteroatoms. The molecule has 0 bridgehead atoms. The quantitative estimate of drug-likeness (QED) is 0.373. The second-order valence-corrected chi connectivity index (χ2v) is 6.71. The molecule has 3 rings (SSSR count). The van der Waals surface area contributed by atoms with Crippen molar-refractivity contribution in [2.24, 2.45) is 4.99 Å². The van der Waals surface area contributed by atoms with Crippen molar-refractivity contribution in [1.29, 1.82) is 0 Å². The number of nitrogens with zero attached hydrogens (tertiary/aromatic N) is 2. The number of nitrogens with one attached hydrogen (secondary N) is 2. The summed E-state index contributed by atoms with van der Waals surface area (Å²) in [7, 11) is 1.75. The van der Waals surface area contributed by atoms with Crippen LogP contribution < -0.4 is 10.6 Å². The molecule has 146 valence electrons. The summed E-state index contributed by atoms with van der Waals surface area (Å²) in [4.78, 5) is 6.74. The molecule has 1 saturated heterocycles. The van der Waals surface area contributed by atoms with Gasteiger partial charge in [0, 0.05) is 26.7 Å². The van der Waals surface area contributed by atoms with Crippen molar-refractivity contribution >= 4 is 29.9 Å². The molecule has 0 atom stereocenters. The molecule has 0 amide bonds. The van der Waals surface area contributed by atoms with Gasteiger partial charge in [-0.3, -0.25) is 9.89 Å². The Morgan fingerprint density at radius 2 is 1.37 bits per heavy atom. The summed E-state index contributed by atoms with van der Waals surface area (Å²) in [5, 5.41) is 6.56. The highest BCUT2D eigenvalue weighted by Crippen LogP contribution is 2.13. The summed E-state index contributed by atoms with van der Waals surface area (Å²) >= 11 is 0. The maximum absolute atomic E-state index is 12.9. The lowest BCUT2D eigenvalue weighted by atomic mass is 10.1. The van der Waals surface area contributed by atoms with Crippen LogP contribution in [0.15, 0.2) is 53.5 Å². The maximum Gasteiger partial charge on any atom is 0.191 e. The van der Waals surface area contributed by atoms with E-state index in [1.165, 1.54) is 49.2 Å². The predicted octanol–water partition coefficient (Wildman–Crippen LogP) is 3.90. The number of benzene rings is 2. The zero-order valence-corrected chi connectivity index (χ0v) is 18.1. The topological polar surface area (TPSA) is 39.7 Å². The Balaban J connectivity index is 0.00000261. The summed E-state index contributed by atoms with van der Waals surface area (Å²) in [5.74, 6) is 0.514. The molecule has 1 fully saturated rings. The molecule has 4 nitrogen and oxygen atoms in total. The molecule has 27 heavy (non-hydrogen) atoms. The first-order chi connectivity index (χ1) is 12.7. The van der Waals surface area contributed by atoms with Crippen molar-refractivity contribution in [3.63, 3.8) is 0 Å². The van der Waals surface area contributed by atoms with Gasteiger partial charge in [-0.2, -0.15) is 0 Å². The minimum absolute atomic E-state index is 0. The molecule has 0 spiro atoms. The van der Waals surface area contributed by atoms with Crippen LogP contribution in [0.2, 0.25) is 0 Å². The van der Waals surface area contributed by atoms with Gasteiger partial charge in [-0.05, 0) is 54.8 Å². The summed E-state index contributed by atoms with van der Waals surface area (Å²) in [6.45, 7) is 4.81. The van der Waals surface area contributed by atoms with Crippen LogP contribution in [0.25, 0.3) is 0 Å². The van der Waals surface area contributed by atoms with Gasteiger partial charge in [-0.25, -0.2) is 4.39 Å². The van der Waals surface area contributed by atoms with Crippen molar-refractivity contribution in [3.05, 3.63) is 71.0 Å². The third-order valence-corrected chi connectivity index (χ3v) is 4.68. The largest absolute Gasteiger partial charge is 0.352 e. The van der Waals surface area contributed by atoms with E-state index in [2.05, 4.69) is 44.8 Å². The molecule has 1 aliphatic heterocycles. The third-order valence-electron chi connectivity index (χ3n) is 4.68. The van der Waals surface area contributed by atoms with Crippen molar-refractivity contribution in [2.75, 3.05) is 20.1 Å². The van der Waals surface area contributed by atoms with Crippen molar-refractivity contribution in [2.45, 2.75) is 32.5 Å². The van der Waals surface area contributed by atoms with Gasteiger partial charge in [-0.15, -0.1) is 24.0 Å². The molecule has 2 N–H and O–H groups in total. The van der Waals surface area contributed by atoms with Crippen molar-refractivity contribution in [3.8, 4) is 0 Å². The van der Waals surface area contributed by atoms with E-state index in [1.807, 2.05) is 0 Å². The molecule has 2 aromatic rings. The van der Waals surface area contributed by atoms with E-state index in [9.17, 15) is 4.39 Å². The lowest BCUT2D eigenvalue weighted by Crippen LogP contribution is -2.36. The molecule has 1 aliphatic rings. The van der Waals surface area contributed by atoms with Gasteiger partial charge >= 0.3 is 0 Å². The second kappa shape index (κ2) is 11.2. The zero-order chi connectivity index (χ0) is 18.2. The van der Waals surface area contributed by atoms with Crippen LogP contribution in [0.5, 0.6) is 0 Å². The van der Waals surface area contributed by atoms with E-state index >= 15 is 0 Å². The average molecular weight is 482 g/mol. The van der Waals surface area contributed by atoms with E-state index in [-0.39, 0.29) is 29.8 Å². The van der Waals surface area contributed by atoms with Crippen molar-refractivity contribution in [1.82, 2.24) is 15.5 Å². The standard InChI is InChI=1S/C21H27FN4.HI/c1-23-21(25-15-18-8-10-20(22)11-9-18)24-14-17-4-6-19(7-5-17)16-26-12-2-3-13-26;/h4-11H,2-3,12-16H2,1H3,(H2,23,24,25);1H. The van der Waals surface area contributed by atoms with Crippen LogP contribution in [-0.2, 0) is 19.6 Å². The molecule has 2 aromatic carbocycles. The fourth-order valence-corrected chi connectivity index (χ4v) is 3.16. The molecule has 0 saturated carbocycles. The Hall–Kier alpha value is -1.67. The van der Waals surface area contributed by atoms with Crippen LogP contribution >= 0.6 is 24.0 Å². The Morgan fingerprint density at radius 1 is 0.889 bits per heavy atom. The summed E-state index contributed by atoms with van der Waals surface area (Å²) in [6, 6.07) is 15.3. The maximum atomic E-state index is 12.9. The predicted molar refractivity (Wildman–Crippen MR) is 120 cm³/mol. The van der Waals surface area contributed by atoms with Gasteiger partial charge in [-0.1, -0.05) is 36.4 Å². The van der Waals surface area contributed by atoms with Gasteiger partial charge in [0.05, 0.1) is 0 Å². The highest BCUT2D eigenvalue weighted by Gasteiger charge is 2.11. The van der Waals surface area contributed by atoms with E-state index in [0.29, 0.717) is 13.1 Å². The minimum Gasteiger partial charge on any atom is -0.352 e. The Morgan fingerprint density at radius 3 is 1.89 bits per heavy atom. The highest BCUT2D eigenvalue weighted by molar-refractivity contribution is 14.0. The number of aliphatic imine (C=N–C) groups is 1.